The molecule has 0 saturated heterocycles. The molecule has 0 bridgehead atoms. The van der Waals surface area contributed by atoms with Crippen molar-refractivity contribution in [2.24, 2.45) is 0 Å². The van der Waals surface area contributed by atoms with E-state index in [4.69, 9.17) is 5.11 Å². The average molecular weight is 235 g/mol. The van der Waals surface area contributed by atoms with E-state index in [1.165, 1.54) is 26.2 Å². The third-order valence-corrected chi connectivity index (χ3v) is 4.10. The number of carbonyl (C=O) groups is 1. The number of quaternary nitrogens is 1. The van der Waals surface area contributed by atoms with Crippen molar-refractivity contribution in [2.45, 2.75) is 0 Å². The van der Waals surface area contributed by atoms with Gasteiger partial charge < -0.3 is 9.66 Å². The second kappa shape index (κ2) is 3.77. The van der Waals surface area contributed by atoms with Crippen LogP contribution in [0.25, 0.3) is 0 Å². The molecule has 0 aliphatic carbocycles. The van der Waals surface area contributed by atoms with Gasteiger partial charge in [0.25, 0.3) is 0 Å². The number of aromatic carboxylic acids is 1. The van der Waals surface area contributed by atoms with Crippen LogP contribution in [0.4, 0.5) is 5.00 Å². The second-order valence-electron chi connectivity index (χ2n) is 3.01. The summed E-state index contributed by atoms with van der Waals surface area (Å²) in [5.74, 6) is -1.04. The van der Waals surface area contributed by atoms with Gasteiger partial charge in [-0.2, -0.15) is 0 Å². The standard InChI is InChI=1S/C7H9NO4S2/c1-8(2,14(11)12)6-4-3-5(13-6)7(9)10/h3-4H,1-2H3,(H-,9,10,11,12). The van der Waals surface area contributed by atoms with E-state index in [9.17, 15) is 13.6 Å². The Kier molecular flexibility index (Phi) is 3.05. The van der Waals surface area contributed by atoms with Gasteiger partial charge in [-0.3, -0.25) is 0 Å². The van der Waals surface area contributed by atoms with Crippen LogP contribution in [0.1, 0.15) is 9.67 Å². The van der Waals surface area contributed by atoms with Crippen LogP contribution < -0.4 is 3.89 Å². The fraction of sp³-hybridized carbons (Fsp3) is 0.286. The van der Waals surface area contributed by atoms with Crippen molar-refractivity contribution in [3.8, 4) is 0 Å². The van der Waals surface area contributed by atoms with Gasteiger partial charge in [0, 0.05) is 6.07 Å². The van der Waals surface area contributed by atoms with Crippen LogP contribution in [0.5, 0.6) is 0 Å². The number of carboxylic acids is 1. The van der Waals surface area contributed by atoms with Crippen LogP contribution >= 0.6 is 11.3 Å². The van der Waals surface area contributed by atoms with Crippen LogP contribution in [-0.4, -0.2) is 33.9 Å². The number of hydrogen-bond donors (Lipinski definition) is 1. The highest BCUT2D eigenvalue weighted by Crippen LogP contribution is 2.29. The van der Waals surface area contributed by atoms with Gasteiger partial charge in [0.05, 0.1) is 14.1 Å². The first-order chi connectivity index (χ1) is 6.35. The van der Waals surface area contributed by atoms with E-state index in [1.54, 1.807) is 0 Å². The molecule has 0 aromatic carbocycles. The summed E-state index contributed by atoms with van der Waals surface area (Å²) >= 11 is -1.37. The van der Waals surface area contributed by atoms with E-state index in [-0.39, 0.29) is 8.77 Å². The van der Waals surface area contributed by atoms with Gasteiger partial charge in [-0.15, -0.1) is 0 Å². The van der Waals surface area contributed by atoms with Gasteiger partial charge in [0.15, 0.2) is 11.3 Å². The minimum Gasteiger partial charge on any atom is -0.724 e. The molecule has 1 unspecified atom stereocenters. The molecular weight excluding hydrogens is 226 g/mol. The topological polar surface area (TPSA) is 77.4 Å². The Morgan fingerprint density at radius 1 is 1.57 bits per heavy atom. The Morgan fingerprint density at radius 3 is 2.50 bits per heavy atom. The van der Waals surface area contributed by atoms with Gasteiger partial charge in [-0.1, -0.05) is 11.3 Å². The van der Waals surface area contributed by atoms with Gasteiger partial charge in [-0.25, -0.2) is 12.9 Å². The van der Waals surface area contributed by atoms with Crippen LogP contribution in [0.3, 0.4) is 0 Å². The normalized spacial score (nSPS) is 13.9. The zero-order valence-electron chi connectivity index (χ0n) is 7.59. The summed E-state index contributed by atoms with van der Waals surface area (Å²) in [6, 6.07) is 2.90. The van der Waals surface area contributed by atoms with Gasteiger partial charge >= 0.3 is 5.97 Å². The lowest BCUT2D eigenvalue weighted by atomic mass is 10.5. The summed E-state index contributed by atoms with van der Waals surface area (Å²) in [6.07, 6.45) is 0. The van der Waals surface area contributed by atoms with Crippen molar-refractivity contribution in [2.75, 3.05) is 14.1 Å². The van der Waals surface area contributed by atoms with E-state index in [0.29, 0.717) is 5.00 Å². The Labute approximate surface area is 87.6 Å². The molecule has 0 aliphatic rings. The quantitative estimate of drug-likeness (QED) is 0.621. The highest BCUT2D eigenvalue weighted by molar-refractivity contribution is 7.78. The van der Waals surface area contributed by atoms with Crippen molar-refractivity contribution in [3.05, 3.63) is 17.0 Å². The lowest BCUT2D eigenvalue weighted by molar-refractivity contribution is 0.0702. The molecule has 1 aromatic heterocycles. The van der Waals surface area contributed by atoms with Crippen molar-refractivity contribution < 1.29 is 18.7 Å². The number of carboxylic acid groups (broad SMARTS) is 1. The molecule has 1 rings (SSSR count). The maximum Gasteiger partial charge on any atom is 0.346 e. The predicted octanol–water partition coefficient (Wildman–Crippen LogP) is 0.807. The second-order valence-corrected chi connectivity index (χ2v) is 5.42. The highest BCUT2D eigenvalue weighted by Gasteiger charge is 2.24. The third-order valence-electron chi connectivity index (χ3n) is 1.71. The fourth-order valence-corrected chi connectivity index (χ4v) is 2.11. The van der Waals surface area contributed by atoms with E-state index >= 15 is 0 Å². The van der Waals surface area contributed by atoms with Crippen molar-refractivity contribution in [1.29, 1.82) is 0 Å². The maximum atomic E-state index is 10.8. The molecule has 0 spiro atoms. The minimum atomic E-state index is -2.32. The molecule has 0 aliphatic heterocycles. The van der Waals surface area contributed by atoms with Gasteiger partial charge in [-0.05, 0) is 6.07 Å². The number of hydrogen-bond acceptors (Lipinski definition) is 4. The summed E-state index contributed by atoms with van der Waals surface area (Å²) < 4.78 is 21.3. The molecule has 0 fully saturated rings. The smallest absolute Gasteiger partial charge is 0.346 e. The van der Waals surface area contributed by atoms with Crippen molar-refractivity contribution in [3.63, 3.8) is 0 Å². The summed E-state index contributed by atoms with van der Waals surface area (Å²) in [7, 11) is 2.95. The fourth-order valence-electron chi connectivity index (χ4n) is 0.806. The van der Waals surface area contributed by atoms with Crippen LogP contribution in [0.15, 0.2) is 12.1 Å². The molecule has 1 N–H and O–H groups in total. The molecule has 0 radical (unpaired) electrons. The zero-order valence-corrected chi connectivity index (χ0v) is 9.22. The number of thiophene rings is 1. The van der Waals surface area contributed by atoms with Crippen molar-refractivity contribution in [1.82, 2.24) is 3.89 Å². The number of nitrogens with zero attached hydrogens (tertiary/aromatic N) is 1. The van der Waals surface area contributed by atoms with Crippen molar-refractivity contribution >= 4 is 33.6 Å². The largest absolute Gasteiger partial charge is 0.724 e. The SMILES string of the molecule is C[N+](C)(c1ccc(C(=O)O)s1)S(=O)[O-]. The van der Waals surface area contributed by atoms with E-state index < -0.39 is 17.2 Å². The van der Waals surface area contributed by atoms with Crippen LogP contribution in [0, 0.1) is 0 Å². The molecule has 5 nitrogen and oxygen atoms in total. The molecule has 1 aromatic rings. The Balaban J connectivity index is 3.09. The Bertz CT molecular complexity index is 385. The summed E-state index contributed by atoms with van der Waals surface area (Å²) in [5, 5.41) is 9.12. The molecule has 0 saturated carbocycles. The minimum absolute atomic E-state index is 0.136. The van der Waals surface area contributed by atoms with E-state index in [2.05, 4.69) is 0 Å². The summed E-state index contributed by atoms with van der Waals surface area (Å²) in [6.45, 7) is 0. The molecule has 0 amide bonds. The highest BCUT2D eigenvalue weighted by atomic mass is 32.2. The van der Waals surface area contributed by atoms with E-state index in [0.717, 1.165) is 11.3 Å². The van der Waals surface area contributed by atoms with Crippen LogP contribution in [-0.2, 0) is 11.3 Å². The first-order valence-corrected chi connectivity index (χ1v) is 5.48. The van der Waals surface area contributed by atoms with Crippen LogP contribution in [0.2, 0.25) is 0 Å². The zero-order chi connectivity index (χ0) is 10.9. The first-order valence-electron chi connectivity index (χ1n) is 3.63. The molecular formula is C7H9NO4S2. The Hall–Kier alpha value is -0.760. The predicted molar refractivity (Wildman–Crippen MR) is 53.8 cm³/mol. The molecule has 1 heterocycles. The van der Waals surface area contributed by atoms with Gasteiger partial charge in [0.2, 0.25) is 5.00 Å². The lowest BCUT2D eigenvalue weighted by Crippen LogP contribution is -2.41. The maximum absolute atomic E-state index is 10.8. The van der Waals surface area contributed by atoms with Gasteiger partial charge in [0.1, 0.15) is 4.88 Å². The average Bonchev–Trinajstić information content (AvgIpc) is 2.51. The molecule has 78 valence electrons. The molecule has 1 atom stereocenters. The molecule has 14 heavy (non-hydrogen) atoms. The number of rotatable bonds is 3. The Morgan fingerprint density at radius 2 is 2.14 bits per heavy atom. The summed E-state index contributed by atoms with van der Waals surface area (Å²) in [4.78, 5) is 10.7. The summed E-state index contributed by atoms with van der Waals surface area (Å²) in [5.41, 5.74) is 0. The molecule has 7 heteroatoms. The monoisotopic (exact) mass is 235 g/mol. The lowest BCUT2D eigenvalue weighted by Gasteiger charge is -2.27. The first kappa shape index (κ1) is 11.3. The third kappa shape index (κ3) is 2.01. The van der Waals surface area contributed by atoms with E-state index in [1.807, 2.05) is 0 Å².